The lowest BCUT2D eigenvalue weighted by Gasteiger charge is -2.31. The minimum atomic E-state index is -0.422. The molecule has 1 aromatic carbocycles. The van der Waals surface area contributed by atoms with Crippen LogP contribution in [0, 0.1) is 5.82 Å². The van der Waals surface area contributed by atoms with Gasteiger partial charge in [0.2, 0.25) is 0 Å². The summed E-state index contributed by atoms with van der Waals surface area (Å²) in [6.07, 6.45) is 1.46. The summed E-state index contributed by atoms with van der Waals surface area (Å²) in [6.45, 7) is 4.63. The van der Waals surface area contributed by atoms with Crippen molar-refractivity contribution in [2.45, 2.75) is 25.8 Å². The SMILES string of the molecule is CCOC(=O)N1CCC(NCCNC(=O)c2cccc(F)c2)CC1.[Cl-]. The van der Waals surface area contributed by atoms with Crippen molar-refractivity contribution in [1.82, 2.24) is 15.5 Å². The third-order valence-electron chi connectivity index (χ3n) is 3.95. The van der Waals surface area contributed by atoms with Crippen LogP contribution in [0.25, 0.3) is 0 Å². The first kappa shape index (κ1) is 21.2. The van der Waals surface area contributed by atoms with Gasteiger partial charge in [-0.2, -0.15) is 0 Å². The zero-order valence-electron chi connectivity index (χ0n) is 14.3. The Morgan fingerprint density at radius 1 is 1.28 bits per heavy atom. The Bertz CT molecular complexity index is 566. The number of carbonyl (C=O) groups is 2. The molecule has 2 N–H and O–H groups in total. The highest BCUT2D eigenvalue weighted by atomic mass is 35.5. The van der Waals surface area contributed by atoms with E-state index < -0.39 is 5.82 Å². The number of amides is 2. The lowest BCUT2D eigenvalue weighted by atomic mass is 10.1. The summed E-state index contributed by atoms with van der Waals surface area (Å²) in [7, 11) is 0. The van der Waals surface area contributed by atoms with Crippen LogP contribution in [0.2, 0.25) is 0 Å². The van der Waals surface area contributed by atoms with Gasteiger partial charge in [0.1, 0.15) is 5.82 Å². The molecule has 1 saturated heterocycles. The van der Waals surface area contributed by atoms with E-state index in [1.165, 1.54) is 18.2 Å². The Morgan fingerprint density at radius 3 is 2.64 bits per heavy atom. The zero-order chi connectivity index (χ0) is 17.4. The van der Waals surface area contributed by atoms with Gasteiger partial charge in [-0.15, -0.1) is 0 Å². The van der Waals surface area contributed by atoms with Crippen molar-refractivity contribution in [3.05, 3.63) is 35.6 Å². The van der Waals surface area contributed by atoms with Crippen molar-refractivity contribution in [3.63, 3.8) is 0 Å². The second-order valence-corrected chi connectivity index (χ2v) is 5.68. The molecule has 0 radical (unpaired) electrons. The number of rotatable bonds is 6. The van der Waals surface area contributed by atoms with E-state index in [-0.39, 0.29) is 24.4 Å². The number of benzene rings is 1. The van der Waals surface area contributed by atoms with E-state index in [0.717, 1.165) is 12.8 Å². The average Bonchev–Trinajstić information content (AvgIpc) is 2.59. The molecule has 0 atom stereocenters. The largest absolute Gasteiger partial charge is 1.00 e. The van der Waals surface area contributed by atoms with Crippen LogP contribution in [-0.4, -0.2) is 55.7 Å². The number of hydrogen-bond donors (Lipinski definition) is 2. The molecule has 25 heavy (non-hydrogen) atoms. The van der Waals surface area contributed by atoms with E-state index in [1.54, 1.807) is 17.9 Å². The van der Waals surface area contributed by atoms with Crippen LogP contribution >= 0.6 is 0 Å². The summed E-state index contributed by atoms with van der Waals surface area (Å²) in [5, 5.41) is 6.12. The first-order valence-corrected chi connectivity index (χ1v) is 8.29. The van der Waals surface area contributed by atoms with Crippen molar-refractivity contribution in [2.24, 2.45) is 0 Å². The second kappa shape index (κ2) is 10.9. The molecule has 2 amide bonds. The summed E-state index contributed by atoms with van der Waals surface area (Å²) >= 11 is 0. The highest BCUT2D eigenvalue weighted by Crippen LogP contribution is 2.11. The lowest BCUT2D eigenvalue weighted by molar-refractivity contribution is -0.0000221. The van der Waals surface area contributed by atoms with E-state index in [0.29, 0.717) is 44.4 Å². The summed E-state index contributed by atoms with van der Waals surface area (Å²) < 4.78 is 18.1. The summed E-state index contributed by atoms with van der Waals surface area (Å²) in [6, 6.07) is 5.94. The maximum Gasteiger partial charge on any atom is 0.409 e. The predicted molar refractivity (Wildman–Crippen MR) is 88.4 cm³/mol. The van der Waals surface area contributed by atoms with Gasteiger partial charge < -0.3 is 32.7 Å². The monoisotopic (exact) mass is 372 g/mol. The number of nitrogens with zero attached hydrogens (tertiary/aromatic N) is 1. The molecular formula is C17H24ClFN3O3-. The van der Waals surface area contributed by atoms with Crippen molar-refractivity contribution >= 4 is 12.0 Å². The second-order valence-electron chi connectivity index (χ2n) is 5.68. The van der Waals surface area contributed by atoms with Gasteiger partial charge >= 0.3 is 6.09 Å². The molecule has 0 aromatic heterocycles. The van der Waals surface area contributed by atoms with Crippen LogP contribution in [-0.2, 0) is 4.74 Å². The van der Waals surface area contributed by atoms with E-state index in [9.17, 15) is 14.0 Å². The van der Waals surface area contributed by atoms with Crippen LogP contribution < -0.4 is 23.0 Å². The molecule has 0 aliphatic carbocycles. The van der Waals surface area contributed by atoms with Gasteiger partial charge in [-0.3, -0.25) is 4.79 Å². The van der Waals surface area contributed by atoms with Crippen LogP contribution in [0.1, 0.15) is 30.1 Å². The van der Waals surface area contributed by atoms with Gasteiger partial charge in [0.05, 0.1) is 6.61 Å². The number of ether oxygens (including phenoxy) is 1. The Balaban J connectivity index is 0.00000312. The third kappa shape index (κ3) is 6.88. The molecule has 1 aliphatic heterocycles. The van der Waals surface area contributed by atoms with Crippen molar-refractivity contribution in [1.29, 1.82) is 0 Å². The Hall–Kier alpha value is -1.86. The molecule has 8 heteroatoms. The molecule has 1 fully saturated rings. The van der Waals surface area contributed by atoms with Gasteiger partial charge in [-0.25, -0.2) is 9.18 Å². The number of hydrogen-bond acceptors (Lipinski definition) is 4. The fourth-order valence-electron chi connectivity index (χ4n) is 2.67. The van der Waals surface area contributed by atoms with Crippen LogP contribution in [0.15, 0.2) is 24.3 Å². The topological polar surface area (TPSA) is 70.7 Å². The fraction of sp³-hybridized carbons (Fsp3) is 0.529. The molecule has 1 aliphatic rings. The number of carbonyl (C=O) groups excluding carboxylic acids is 2. The average molecular weight is 373 g/mol. The number of piperidine rings is 1. The lowest BCUT2D eigenvalue weighted by Crippen LogP contribution is -3.00. The third-order valence-corrected chi connectivity index (χ3v) is 3.95. The first-order valence-electron chi connectivity index (χ1n) is 8.29. The maximum absolute atomic E-state index is 13.1. The van der Waals surface area contributed by atoms with E-state index >= 15 is 0 Å². The van der Waals surface area contributed by atoms with Gasteiger partial charge in [-0.1, -0.05) is 6.07 Å². The summed E-state index contributed by atoms with van der Waals surface area (Å²) in [5.74, 6) is -0.706. The Morgan fingerprint density at radius 2 is 2.00 bits per heavy atom. The van der Waals surface area contributed by atoms with Crippen LogP contribution in [0.5, 0.6) is 0 Å². The number of nitrogens with one attached hydrogen (secondary N) is 2. The molecule has 2 rings (SSSR count). The van der Waals surface area contributed by atoms with Gasteiger partial charge in [0.25, 0.3) is 5.91 Å². The van der Waals surface area contributed by atoms with Gasteiger partial charge in [0, 0.05) is 37.8 Å². The highest BCUT2D eigenvalue weighted by molar-refractivity contribution is 5.94. The molecule has 0 unspecified atom stereocenters. The summed E-state index contributed by atoms with van der Waals surface area (Å²) in [5.41, 5.74) is 0.317. The molecule has 1 aromatic rings. The molecule has 0 saturated carbocycles. The van der Waals surface area contributed by atoms with Crippen molar-refractivity contribution in [3.8, 4) is 0 Å². The van der Waals surface area contributed by atoms with Gasteiger partial charge in [0.15, 0.2) is 0 Å². The van der Waals surface area contributed by atoms with E-state index in [4.69, 9.17) is 4.74 Å². The first-order chi connectivity index (χ1) is 11.6. The maximum atomic E-state index is 13.1. The zero-order valence-corrected chi connectivity index (χ0v) is 15.0. The van der Waals surface area contributed by atoms with Crippen molar-refractivity contribution in [2.75, 3.05) is 32.8 Å². The van der Waals surface area contributed by atoms with E-state index in [2.05, 4.69) is 10.6 Å². The highest BCUT2D eigenvalue weighted by Gasteiger charge is 2.22. The van der Waals surface area contributed by atoms with Gasteiger partial charge in [-0.05, 0) is 38.0 Å². The Kier molecular flexibility index (Phi) is 9.23. The molecule has 0 spiro atoms. The van der Waals surface area contributed by atoms with Crippen molar-refractivity contribution < 1.29 is 31.1 Å². The standard InChI is InChI=1S/C17H24FN3O3.ClH/c1-2-24-17(23)21-10-6-15(7-11-21)19-8-9-20-16(22)13-4-3-5-14(18)12-13;/h3-5,12,15,19H,2,6-11H2,1H3,(H,20,22);1H/p-1. The number of halogens is 2. The molecule has 140 valence electrons. The smallest absolute Gasteiger partial charge is 0.409 e. The summed E-state index contributed by atoms with van der Waals surface area (Å²) in [4.78, 5) is 25.2. The molecule has 1 heterocycles. The normalized spacial score (nSPS) is 14.6. The van der Waals surface area contributed by atoms with E-state index in [1.807, 2.05) is 0 Å². The molecular weight excluding hydrogens is 349 g/mol. The van der Waals surface area contributed by atoms with Crippen LogP contribution in [0.4, 0.5) is 9.18 Å². The number of likely N-dealkylation sites (tertiary alicyclic amines) is 1. The molecule has 0 bridgehead atoms. The Labute approximate surface area is 153 Å². The minimum Gasteiger partial charge on any atom is -1.00 e. The fourth-order valence-corrected chi connectivity index (χ4v) is 2.67. The van der Waals surface area contributed by atoms with Crippen LogP contribution in [0.3, 0.4) is 0 Å². The quantitative estimate of drug-likeness (QED) is 0.614. The molecule has 6 nitrogen and oxygen atoms in total. The predicted octanol–water partition coefficient (Wildman–Crippen LogP) is -1.23. The minimum absolute atomic E-state index is 0.